The van der Waals surface area contributed by atoms with Crippen molar-refractivity contribution in [3.05, 3.63) is 28.2 Å². The number of methoxy groups -OCH3 is 1. The minimum Gasteiger partial charge on any atom is -0.482 e. The van der Waals surface area contributed by atoms with Crippen molar-refractivity contribution < 1.29 is 14.3 Å². The van der Waals surface area contributed by atoms with Gasteiger partial charge in [-0.25, -0.2) is 4.79 Å². The molecule has 0 spiro atoms. The number of halogens is 2. The average molecular weight is 434 g/mol. The van der Waals surface area contributed by atoms with Crippen LogP contribution in [0.5, 0.6) is 5.75 Å². The molecule has 7 nitrogen and oxygen atoms in total. The number of hydrogen-bond donors (Lipinski definition) is 0. The molecule has 4 saturated heterocycles. The summed E-state index contributed by atoms with van der Waals surface area (Å²) < 4.78 is 10.6. The predicted molar refractivity (Wildman–Crippen MR) is 97.8 cm³/mol. The topological polar surface area (TPSA) is 48.5 Å². The van der Waals surface area contributed by atoms with Gasteiger partial charge >= 0.3 is 5.97 Å². The van der Waals surface area contributed by atoms with Crippen LogP contribution in [-0.2, 0) is 15.4 Å². The minimum absolute atomic E-state index is 0.109. The molecule has 138 valence electrons. The van der Waals surface area contributed by atoms with Crippen molar-refractivity contribution in [2.45, 2.75) is 5.88 Å². The van der Waals surface area contributed by atoms with Crippen LogP contribution >= 0.6 is 27.5 Å². The van der Waals surface area contributed by atoms with Crippen LogP contribution < -0.4 is 4.74 Å². The van der Waals surface area contributed by atoms with E-state index in [1.54, 1.807) is 6.07 Å². The molecular weight excluding hydrogens is 412 g/mol. The monoisotopic (exact) mass is 432 g/mol. The van der Waals surface area contributed by atoms with E-state index in [9.17, 15) is 4.79 Å². The first-order valence-electron chi connectivity index (χ1n) is 8.01. The van der Waals surface area contributed by atoms with Crippen LogP contribution in [0, 0.1) is 0 Å². The normalized spacial score (nSPS) is 28.9. The van der Waals surface area contributed by atoms with Crippen LogP contribution in [0.25, 0.3) is 0 Å². The molecule has 9 heteroatoms. The Morgan fingerprint density at radius 1 is 1.08 bits per heavy atom. The van der Waals surface area contributed by atoms with Crippen LogP contribution in [-0.4, -0.2) is 79.3 Å². The molecule has 1 aromatic rings. The number of ether oxygens (including phenoxy) is 2. The summed E-state index contributed by atoms with van der Waals surface area (Å²) >= 11 is 9.06. The van der Waals surface area contributed by atoms with Crippen molar-refractivity contribution in [1.29, 1.82) is 0 Å². The second kappa shape index (κ2) is 8.66. The zero-order valence-corrected chi connectivity index (χ0v) is 16.5. The number of esters is 1. The van der Waals surface area contributed by atoms with Gasteiger partial charge in [0.1, 0.15) is 5.75 Å². The average Bonchev–Trinajstić information content (AvgIpc) is 2.59. The highest BCUT2D eigenvalue weighted by molar-refractivity contribution is 9.10. The van der Waals surface area contributed by atoms with Crippen LogP contribution in [0.1, 0.15) is 5.56 Å². The van der Waals surface area contributed by atoms with E-state index in [1.807, 2.05) is 12.1 Å². The number of alkyl halides is 1. The van der Waals surface area contributed by atoms with E-state index in [-0.39, 0.29) is 6.61 Å². The SMILES string of the molecule is C1N2CN3CN1CN(C2)C3.COC(=O)COc1ccc(Br)cc1CCl. The summed E-state index contributed by atoms with van der Waals surface area (Å²) in [7, 11) is 1.32. The molecule has 1 aromatic carbocycles. The van der Waals surface area contributed by atoms with E-state index in [0.717, 1.165) is 10.0 Å². The fourth-order valence-corrected chi connectivity index (χ4v) is 3.84. The molecular formula is C16H22BrClN4O3. The standard InChI is InChI=1S/C10H10BrClO3.C6H12N4/c1-14-10(13)6-15-9-3-2-8(11)4-7(9)5-12;1-7-2-9-4-8(1)5-10(3-7)6-9/h2-4H,5-6H2,1H3;1-6H2. The van der Waals surface area contributed by atoms with E-state index >= 15 is 0 Å². The number of hydrogen-bond acceptors (Lipinski definition) is 7. The van der Waals surface area contributed by atoms with Gasteiger partial charge < -0.3 is 9.47 Å². The number of carbonyl (C=O) groups is 1. The number of benzene rings is 1. The smallest absolute Gasteiger partial charge is 0.343 e. The molecule has 25 heavy (non-hydrogen) atoms. The van der Waals surface area contributed by atoms with Crippen molar-refractivity contribution in [2.24, 2.45) is 0 Å². The predicted octanol–water partition coefficient (Wildman–Crippen LogP) is 1.72. The van der Waals surface area contributed by atoms with Gasteiger partial charge in [-0.3, -0.25) is 19.6 Å². The van der Waals surface area contributed by atoms with Gasteiger partial charge in [0.25, 0.3) is 0 Å². The van der Waals surface area contributed by atoms with E-state index in [4.69, 9.17) is 16.3 Å². The molecule has 4 bridgehead atoms. The lowest BCUT2D eigenvalue weighted by Gasteiger charge is -2.56. The Morgan fingerprint density at radius 3 is 2.04 bits per heavy atom. The maximum Gasteiger partial charge on any atom is 0.343 e. The van der Waals surface area contributed by atoms with Gasteiger partial charge in [0.15, 0.2) is 6.61 Å². The lowest BCUT2D eigenvalue weighted by molar-refractivity contribution is -0.194. The van der Waals surface area contributed by atoms with Gasteiger partial charge in [0.05, 0.1) is 53.0 Å². The molecule has 4 fully saturated rings. The summed E-state index contributed by atoms with van der Waals surface area (Å²) in [5.74, 6) is 0.507. The van der Waals surface area contributed by atoms with E-state index < -0.39 is 5.97 Å². The van der Waals surface area contributed by atoms with Crippen molar-refractivity contribution in [3.8, 4) is 5.75 Å². The molecule has 4 aliphatic heterocycles. The minimum atomic E-state index is -0.418. The van der Waals surface area contributed by atoms with Crippen molar-refractivity contribution >= 4 is 33.5 Å². The van der Waals surface area contributed by atoms with Crippen molar-refractivity contribution in [3.63, 3.8) is 0 Å². The van der Waals surface area contributed by atoms with Crippen LogP contribution in [0.3, 0.4) is 0 Å². The van der Waals surface area contributed by atoms with Gasteiger partial charge in [-0.1, -0.05) is 15.9 Å². The molecule has 0 amide bonds. The van der Waals surface area contributed by atoms with E-state index in [1.165, 1.54) is 47.1 Å². The molecule has 0 atom stereocenters. The molecule has 4 aliphatic rings. The Morgan fingerprint density at radius 2 is 1.60 bits per heavy atom. The quantitative estimate of drug-likeness (QED) is 0.529. The Bertz CT molecular complexity index is 563. The maximum absolute atomic E-state index is 10.9. The van der Waals surface area contributed by atoms with E-state index in [2.05, 4.69) is 40.3 Å². The first-order chi connectivity index (χ1) is 12.1. The van der Waals surface area contributed by atoms with E-state index in [0.29, 0.717) is 11.6 Å². The molecule has 5 rings (SSSR count). The third-order valence-electron chi connectivity index (χ3n) is 4.14. The summed E-state index contributed by atoms with van der Waals surface area (Å²) in [5.41, 5.74) is 0.829. The van der Waals surface area contributed by atoms with Crippen molar-refractivity contribution in [1.82, 2.24) is 19.6 Å². The maximum atomic E-state index is 10.9. The van der Waals surface area contributed by atoms with Gasteiger partial charge in [-0.2, -0.15) is 0 Å². The molecule has 0 N–H and O–H groups in total. The van der Waals surface area contributed by atoms with Gasteiger partial charge in [0, 0.05) is 10.0 Å². The Balaban J connectivity index is 0.000000155. The molecule has 0 aromatic heterocycles. The largest absolute Gasteiger partial charge is 0.482 e. The first-order valence-corrected chi connectivity index (χ1v) is 9.33. The number of nitrogens with zero attached hydrogens (tertiary/aromatic N) is 4. The first kappa shape index (κ1) is 18.9. The molecule has 0 radical (unpaired) electrons. The Hall–Kier alpha value is -0.900. The summed E-state index contributed by atoms with van der Waals surface area (Å²) in [4.78, 5) is 20.7. The fraction of sp³-hybridized carbons (Fsp3) is 0.562. The number of rotatable bonds is 4. The summed E-state index contributed by atoms with van der Waals surface area (Å²) in [6.45, 7) is 7.02. The fourth-order valence-electron chi connectivity index (χ4n) is 3.22. The lowest BCUT2D eigenvalue weighted by atomic mass is 10.2. The summed E-state index contributed by atoms with van der Waals surface area (Å²) in [6, 6.07) is 5.42. The van der Waals surface area contributed by atoms with Crippen LogP contribution in [0.2, 0.25) is 0 Å². The molecule has 4 heterocycles. The van der Waals surface area contributed by atoms with Gasteiger partial charge in [0.2, 0.25) is 0 Å². The summed E-state index contributed by atoms with van der Waals surface area (Å²) in [6.07, 6.45) is 0. The molecule has 0 saturated carbocycles. The second-order valence-electron chi connectivity index (χ2n) is 6.28. The third-order valence-corrected chi connectivity index (χ3v) is 4.92. The zero-order chi connectivity index (χ0) is 17.8. The lowest BCUT2D eigenvalue weighted by Crippen LogP contribution is -2.71. The number of carbonyl (C=O) groups excluding carboxylic acids is 1. The van der Waals surface area contributed by atoms with Crippen LogP contribution in [0.4, 0.5) is 0 Å². The summed E-state index contributed by atoms with van der Waals surface area (Å²) in [5, 5.41) is 0. The molecule has 0 aliphatic carbocycles. The Labute approximate surface area is 161 Å². The Kier molecular flexibility index (Phi) is 6.54. The van der Waals surface area contributed by atoms with Crippen molar-refractivity contribution in [2.75, 3.05) is 53.7 Å². The molecule has 0 unspecified atom stereocenters. The van der Waals surface area contributed by atoms with Gasteiger partial charge in [-0.05, 0) is 18.2 Å². The third kappa shape index (κ3) is 5.06. The second-order valence-corrected chi connectivity index (χ2v) is 7.47. The highest BCUT2D eigenvalue weighted by Gasteiger charge is 2.36. The highest BCUT2D eigenvalue weighted by atomic mass is 79.9. The van der Waals surface area contributed by atoms with Crippen LogP contribution in [0.15, 0.2) is 22.7 Å². The van der Waals surface area contributed by atoms with Gasteiger partial charge in [-0.15, -0.1) is 11.6 Å². The highest BCUT2D eigenvalue weighted by Crippen LogP contribution is 2.24. The zero-order valence-electron chi connectivity index (χ0n) is 14.2.